The SMILES string of the molecule is CCCCCCCCCCCCOc1cc2cc(Br)sc2c2c(OCCCCCCCCCCCC)cc3ccsc3c12. The molecule has 238 valence electrons. The first kappa shape index (κ1) is 34.6. The average Bonchev–Trinajstić information content (AvgIpc) is 3.63. The van der Waals surface area contributed by atoms with Crippen LogP contribution < -0.4 is 9.47 Å². The molecule has 0 spiro atoms. The third kappa shape index (κ3) is 10.9. The van der Waals surface area contributed by atoms with Crippen LogP contribution in [-0.2, 0) is 0 Å². The zero-order chi connectivity index (χ0) is 30.1. The van der Waals surface area contributed by atoms with Gasteiger partial charge in [-0.25, -0.2) is 0 Å². The number of rotatable bonds is 24. The van der Waals surface area contributed by atoms with Crippen LogP contribution in [0.5, 0.6) is 11.5 Å². The fourth-order valence-electron chi connectivity index (χ4n) is 6.21. The minimum absolute atomic E-state index is 0.777. The lowest BCUT2D eigenvalue weighted by molar-refractivity contribution is 0.305. The van der Waals surface area contributed by atoms with Gasteiger partial charge in [0.1, 0.15) is 11.5 Å². The summed E-state index contributed by atoms with van der Waals surface area (Å²) < 4.78 is 16.9. The Morgan fingerprint density at radius 1 is 0.535 bits per heavy atom. The maximum atomic E-state index is 6.59. The highest BCUT2D eigenvalue weighted by atomic mass is 79.9. The van der Waals surface area contributed by atoms with Crippen LogP contribution in [0.15, 0.2) is 33.4 Å². The highest BCUT2D eigenvalue weighted by Crippen LogP contribution is 2.48. The first-order valence-electron chi connectivity index (χ1n) is 17.5. The summed E-state index contributed by atoms with van der Waals surface area (Å²) >= 11 is 7.39. The van der Waals surface area contributed by atoms with E-state index in [2.05, 4.69) is 59.4 Å². The lowest BCUT2D eigenvalue weighted by atomic mass is 10.0. The van der Waals surface area contributed by atoms with Gasteiger partial charge in [-0.15, -0.1) is 22.7 Å². The molecule has 0 radical (unpaired) electrons. The van der Waals surface area contributed by atoms with E-state index < -0.39 is 0 Å². The van der Waals surface area contributed by atoms with Crippen molar-refractivity contribution in [2.24, 2.45) is 0 Å². The first-order valence-corrected chi connectivity index (χ1v) is 20.0. The lowest BCUT2D eigenvalue weighted by Gasteiger charge is -2.15. The number of fused-ring (bicyclic) bond motifs is 5. The second-order valence-electron chi connectivity index (χ2n) is 12.4. The quantitative estimate of drug-likeness (QED) is 0.0683. The van der Waals surface area contributed by atoms with Crippen molar-refractivity contribution in [3.8, 4) is 11.5 Å². The zero-order valence-electron chi connectivity index (χ0n) is 27.0. The van der Waals surface area contributed by atoms with Crippen molar-refractivity contribution >= 4 is 69.5 Å². The second-order valence-corrected chi connectivity index (χ2v) is 15.7. The van der Waals surface area contributed by atoms with E-state index in [1.165, 1.54) is 147 Å². The fourth-order valence-corrected chi connectivity index (χ4v) is 8.80. The molecule has 0 amide bonds. The van der Waals surface area contributed by atoms with Gasteiger partial charge in [0.2, 0.25) is 0 Å². The van der Waals surface area contributed by atoms with Crippen LogP contribution in [0.1, 0.15) is 142 Å². The molecule has 2 aromatic carbocycles. The Morgan fingerprint density at radius 3 is 1.49 bits per heavy atom. The average molecular weight is 688 g/mol. The predicted octanol–water partition coefficient (Wildman–Crippen LogP) is 14.6. The largest absolute Gasteiger partial charge is 0.493 e. The molecule has 0 saturated carbocycles. The monoisotopic (exact) mass is 686 g/mol. The molecule has 0 N–H and O–H groups in total. The molecule has 4 aromatic rings. The van der Waals surface area contributed by atoms with E-state index in [1.807, 2.05) is 11.3 Å². The van der Waals surface area contributed by atoms with E-state index in [0.717, 1.165) is 41.3 Å². The van der Waals surface area contributed by atoms with E-state index in [-0.39, 0.29) is 0 Å². The number of benzene rings is 2. The molecule has 0 fully saturated rings. The summed E-state index contributed by atoms with van der Waals surface area (Å²) in [7, 11) is 0. The summed E-state index contributed by atoms with van der Waals surface area (Å²) in [4.78, 5) is 0. The summed E-state index contributed by atoms with van der Waals surface area (Å²) in [6, 6.07) is 8.99. The molecule has 0 atom stereocenters. The number of thiophene rings is 2. The van der Waals surface area contributed by atoms with Crippen LogP contribution in [0.25, 0.3) is 30.9 Å². The van der Waals surface area contributed by atoms with E-state index in [1.54, 1.807) is 11.3 Å². The Morgan fingerprint density at radius 2 is 0.977 bits per heavy atom. The van der Waals surface area contributed by atoms with Crippen LogP contribution in [0, 0.1) is 0 Å². The Kier molecular flexibility index (Phi) is 16.0. The predicted molar refractivity (Wildman–Crippen MR) is 197 cm³/mol. The second kappa shape index (κ2) is 20.0. The zero-order valence-corrected chi connectivity index (χ0v) is 30.2. The lowest BCUT2D eigenvalue weighted by Crippen LogP contribution is -2.00. The molecule has 43 heavy (non-hydrogen) atoms. The summed E-state index contributed by atoms with van der Waals surface area (Å²) in [5, 5.41) is 7.17. The Labute approximate surface area is 278 Å². The molecule has 5 heteroatoms. The normalized spacial score (nSPS) is 11.8. The topological polar surface area (TPSA) is 18.5 Å². The standard InChI is InChI=1S/C38H55BrO2S2/c1-3-5-7-9-11-13-15-17-19-21-24-40-32-27-30-23-26-42-37(30)35-33(28-31-29-34(39)43-38(31)36(32)35)41-25-22-20-18-16-14-12-10-8-6-4-2/h23,26-29H,3-22,24-25H2,1-2H3. The highest BCUT2D eigenvalue weighted by Gasteiger charge is 2.19. The van der Waals surface area contributed by atoms with Gasteiger partial charge in [0.15, 0.2) is 0 Å². The molecule has 2 heterocycles. The molecular weight excluding hydrogens is 632 g/mol. The van der Waals surface area contributed by atoms with Crippen molar-refractivity contribution in [2.75, 3.05) is 13.2 Å². The molecule has 2 nitrogen and oxygen atoms in total. The minimum Gasteiger partial charge on any atom is -0.493 e. The number of halogens is 1. The highest BCUT2D eigenvalue weighted by molar-refractivity contribution is 9.11. The first-order chi connectivity index (χ1) is 21.2. The van der Waals surface area contributed by atoms with Crippen LogP contribution in [0.2, 0.25) is 0 Å². The Hall–Kier alpha value is -1.30. The summed E-state index contributed by atoms with van der Waals surface area (Å²) in [5.41, 5.74) is 0. The van der Waals surface area contributed by atoms with E-state index >= 15 is 0 Å². The van der Waals surface area contributed by atoms with Crippen LogP contribution in [0.3, 0.4) is 0 Å². The van der Waals surface area contributed by atoms with Crippen molar-refractivity contribution < 1.29 is 9.47 Å². The third-order valence-corrected chi connectivity index (χ3v) is 11.3. The maximum Gasteiger partial charge on any atom is 0.129 e. The van der Waals surface area contributed by atoms with Crippen molar-refractivity contribution in [3.05, 3.63) is 33.4 Å². The minimum atomic E-state index is 0.777. The molecule has 4 rings (SSSR count). The van der Waals surface area contributed by atoms with Gasteiger partial charge in [0.25, 0.3) is 0 Å². The molecular formula is C38H55BrO2S2. The molecule has 0 bridgehead atoms. The number of ether oxygens (including phenoxy) is 2. The van der Waals surface area contributed by atoms with Gasteiger partial charge in [-0.1, -0.05) is 129 Å². The van der Waals surface area contributed by atoms with Crippen molar-refractivity contribution in [1.82, 2.24) is 0 Å². The van der Waals surface area contributed by atoms with E-state index in [0.29, 0.717) is 0 Å². The van der Waals surface area contributed by atoms with Gasteiger partial charge in [-0.3, -0.25) is 0 Å². The van der Waals surface area contributed by atoms with Gasteiger partial charge in [0, 0.05) is 20.2 Å². The molecule has 2 aromatic heterocycles. The number of hydrogen-bond acceptors (Lipinski definition) is 4. The smallest absolute Gasteiger partial charge is 0.129 e. The molecule has 0 aliphatic carbocycles. The number of unbranched alkanes of at least 4 members (excludes halogenated alkanes) is 18. The van der Waals surface area contributed by atoms with Crippen LogP contribution in [0.4, 0.5) is 0 Å². The van der Waals surface area contributed by atoms with Gasteiger partial charge in [-0.2, -0.15) is 0 Å². The number of hydrogen-bond donors (Lipinski definition) is 0. The molecule has 0 unspecified atom stereocenters. The van der Waals surface area contributed by atoms with Gasteiger partial charge in [0.05, 0.1) is 17.0 Å². The summed E-state index contributed by atoms with van der Waals surface area (Å²) in [6.45, 7) is 6.13. The molecule has 0 saturated heterocycles. The molecule has 0 aliphatic heterocycles. The van der Waals surface area contributed by atoms with Gasteiger partial charge < -0.3 is 9.47 Å². The molecule has 0 aliphatic rings. The van der Waals surface area contributed by atoms with Gasteiger partial charge >= 0.3 is 0 Å². The Balaban J connectivity index is 1.34. The maximum absolute atomic E-state index is 6.59. The Bertz CT molecular complexity index is 1320. The van der Waals surface area contributed by atoms with Crippen molar-refractivity contribution in [3.63, 3.8) is 0 Å². The van der Waals surface area contributed by atoms with E-state index in [4.69, 9.17) is 9.47 Å². The fraction of sp³-hybridized carbons (Fsp3) is 0.632. The van der Waals surface area contributed by atoms with Crippen molar-refractivity contribution in [2.45, 2.75) is 142 Å². The van der Waals surface area contributed by atoms with Gasteiger partial charge in [-0.05, 0) is 69.2 Å². The van der Waals surface area contributed by atoms with Crippen LogP contribution in [-0.4, -0.2) is 13.2 Å². The van der Waals surface area contributed by atoms with Crippen molar-refractivity contribution in [1.29, 1.82) is 0 Å². The van der Waals surface area contributed by atoms with Crippen LogP contribution >= 0.6 is 38.6 Å². The summed E-state index contributed by atoms with van der Waals surface area (Å²) in [5.74, 6) is 2.03. The summed E-state index contributed by atoms with van der Waals surface area (Å²) in [6.07, 6.45) is 26.8. The van der Waals surface area contributed by atoms with E-state index in [9.17, 15) is 0 Å². The third-order valence-electron chi connectivity index (χ3n) is 8.71.